The molecular formula is C17H26N2O3. The van der Waals surface area contributed by atoms with Crippen molar-refractivity contribution in [3.05, 3.63) is 39.4 Å². The lowest BCUT2D eigenvalue weighted by molar-refractivity contribution is -0.385. The lowest BCUT2D eigenvalue weighted by Crippen LogP contribution is -2.67. The van der Waals surface area contributed by atoms with Gasteiger partial charge in [0.05, 0.1) is 11.0 Å². The van der Waals surface area contributed by atoms with E-state index >= 15 is 0 Å². The Balaban J connectivity index is 2.15. The minimum Gasteiger partial charge on any atom is -0.380 e. The summed E-state index contributed by atoms with van der Waals surface area (Å²) in [6, 6.07) is 5.84. The number of aryl methyl sites for hydroxylation is 1. The summed E-state index contributed by atoms with van der Waals surface area (Å²) in [7, 11) is 1.76. The SMILES string of the molecule is CO[C@@H]1[C@H](C)[C@@H](N[C@H](C)c2ccc(C)c([N+](=O)[O-])c2)C1(C)C. The zero-order valence-electron chi connectivity index (χ0n) is 14.2. The van der Waals surface area contributed by atoms with Crippen LogP contribution < -0.4 is 5.32 Å². The number of ether oxygens (including phenoxy) is 1. The highest BCUT2D eigenvalue weighted by atomic mass is 16.6. The molecule has 1 aliphatic carbocycles. The molecule has 0 aromatic heterocycles. The van der Waals surface area contributed by atoms with Gasteiger partial charge >= 0.3 is 0 Å². The Hall–Kier alpha value is -1.46. The number of nitrogens with zero attached hydrogens (tertiary/aromatic N) is 1. The van der Waals surface area contributed by atoms with Gasteiger partial charge in [-0.05, 0) is 25.3 Å². The molecule has 122 valence electrons. The van der Waals surface area contributed by atoms with E-state index in [2.05, 4.69) is 33.0 Å². The molecule has 0 unspecified atom stereocenters. The molecular weight excluding hydrogens is 280 g/mol. The van der Waals surface area contributed by atoms with Crippen molar-refractivity contribution >= 4 is 5.69 Å². The van der Waals surface area contributed by atoms with Crippen molar-refractivity contribution in [1.29, 1.82) is 0 Å². The number of hydrogen-bond acceptors (Lipinski definition) is 4. The Bertz CT molecular complexity index is 571. The molecule has 0 heterocycles. The molecule has 1 aromatic carbocycles. The molecule has 5 heteroatoms. The van der Waals surface area contributed by atoms with Gasteiger partial charge in [0, 0.05) is 36.2 Å². The summed E-state index contributed by atoms with van der Waals surface area (Å²) < 4.78 is 5.57. The number of benzene rings is 1. The molecule has 1 aromatic rings. The molecule has 0 radical (unpaired) electrons. The standard InChI is InChI=1S/C17H26N2O3/c1-10-7-8-13(9-14(10)19(20)21)12(3)18-15-11(2)16(22-6)17(15,4)5/h7-9,11-12,15-16,18H,1-6H3/t11-,12-,15-,16-/m1/s1. The maximum Gasteiger partial charge on any atom is 0.272 e. The maximum absolute atomic E-state index is 11.1. The quantitative estimate of drug-likeness (QED) is 0.666. The number of hydrogen-bond donors (Lipinski definition) is 1. The van der Waals surface area contributed by atoms with Crippen LogP contribution in [-0.4, -0.2) is 24.2 Å². The Kier molecular flexibility index (Phi) is 4.59. The van der Waals surface area contributed by atoms with Gasteiger partial charge in [0.25, 0.3) is 5.69 Å². The van der Waals surface area contributed by atoms with Crippen LogP contribution in [0.2, 0.25) is 0 Å². The van der Waals surface area contributed by atoms with Gasteiger partial charge in [-0.3, -0.25) is 10.1 Å². The second-order valence-electron chi connectivity index (χ2n) is 7.01. The summed E-state index contributed by atoms with van der Waals surface area (Å²) >= 11 is 0. The second-order valence-corrected chi connectivity index (χ2v) is 7.01. The predicted octanol–water partition coefficient (Wildman–Crippen LogP) is 3.61. The number of rotatable bonds is 5. The number of nitrogens with one attached hydrogen (secondary N) is 1. The summed E-state index contributed by atoms with van der Waals surface area (Å²) in [6.07, 6.45) is 0.240. The van der Waals surface area contributed by atoms with E-state index in [1.165, 1.54) is 0 Å². The topological polar surface area (TPSA) is 64.4 Å². The molecule has 1 saturated carbocycles. The van der Waals surface area contributed by atoms with Crippen molar-refractivity contribution in [3.63, 3.8) is 0 Å². The third-order valence-corrected chi connectivity index (χ3v) is 5.15. The average molecular weight is 306 g/mol. The third-order valence-electron chi connectivity index (χ3n) is 5.15. The van der Waals surface area contributed by atoms with Crippen LogP contribution in [0.5, 0.6) is 0 Å². The Labute approximate surface area is 132 Å². The fourth-order valence-electron chi connectivity index (χ4n) is 3.93. The van der Waals surface area contributed by atoms with Crippen molar-refractivity contribution in [2.75, 3.05) is 7.11 Å². The van der Waals surface area contributed by atoms with E-state index in [0.29, 0.717) is 17.5 Å². The van der Waals surface area contributed by atoms with Gasteiger partial charge in [-0.2, -0.15) is 0 Å². The molecule has 0 aliphatic heterocycles. The Morgan fingerprint density at radius 1 is 1.41 bits per heavy atom. The summed E-state index contributed by atoms with van der Waals surface area (Å²) in [5, 5.41) is 14.7. The van der Waals surface area contributed by atoms with Crippen molar-refractivity contribution in [1.82, 2.24) is 5.32 Å². The van der Waals surface area contributed by atoms with Crippen molar-refractivity contribution in [2.45, 2.75) is 52.8 Å². The van der Waals surface area contributed by atoms with E-state index in [0.717, 1.165) is 5.56 Å². The number of methoxy groups -OCH3 is 1. The molecule has 0 bridgehead atoms. The van der Waals surface area contributed by atoms with Gasteiger partial charge in [0.2, 0.25) is 0 Å². The predicted molar refractivity (Wildman–Crippen MR) is 86.9 cm³/mol. The Morgan fingerprint density at radius 3 is 2.55 bits per heavy atom. The first-order valence-corrected chi connectivity index (χ1v) is 7.74. The highest BCUT2D eigenvalue weighted by Gasteiger charge is 2.54. The molecule has 5 nitrogen and oxygen atoms in total. The van der Waals surface area contributed by atoms with E-state index in [9.17, 15) is 10.1 Å². The number of nitro benzene ring substituents is 1. The van der Waals surface area contributed by atoms with Gasteiger partial charge < -0.3 is 10.1 Å². The highest BCUT2D eigenvalue weighted by Crippen LogP contribution is 2.47. The van der Waals surface area contributed by atoms with Crippen LogP contribution in [0.4, 0.5) is 5.69 Å². The molecule has 1 aliphatic rings. The normalized spacial score (nSPS) is 28.0. The molecule has 1 fully saturated rings. The van der Waals surface area contributed by atoms with Crippen LogP contribution in [0.3, 0.4) is 0 Å². The molecule has 0 spiro atoms. The monoisotopic (exact) mass is 306 g/mol. The average Bonchev–Trinajstić information content (AvgIpc) is 2.44. The minimum atomic E-state index is -0.317. The van der Waals surface area contributed by atoms with Crippen molar-refractivity contribution < 1.29 is 9.66 Å². The van der Waals surface area contributed by atoms with Crippen molar-refractivity contribution in [3.8, 4) is 0 Å². The number of nitro groups is 1. The van der Waals surface area contributed by atoms with Crippen LogP contribution in [0, 0.1) is 28.4 Å². The van der Waals surface area contributed by atoms with E-state index < -0.39 is 0 Å². The first kappa shape index (κ1) is 16.9. The van der Waals surface area contributed by atoms with Gasteiger partial charge in [-0.1, -0.05) is 32.9 Å². The first-order valence-electron chi connectivity index (χ1n) is 7.74. The van der Waals surface area contributed by atoms with Gasteiger partial charge in [-0.25, -0.2) is 0 Å². The summed E-state index contributed by atoms with van der Waals surface area (Å²) in [4.78, 5) is 10.8. The fourth-order valence-corrected chi connectivity index (χ4v) is 3.93. The maximum atomic E-state index is 11.1. The largest absolute Gasteiger partial charge is 0.380 e. The van der Waals surface area contributed by atoms with E-state index in [1.807, 2.05) is 12.1 Å². The molecule has 2 rings (SSSR count). The lowest BCUT2D eigenvalue weighted by atomic mass is 9.57. The fraction of sp³-hybridized carbons (Fsp3) is 0.647. The summed E-state index contributed by atoms with van der Waals surface area (Å²) in [6.45, 7) is 10.4. The third kappa shape index (κ3) is 2.75. The molecule has 22 heavy (non-hydrogen) atoms. The zero-order valence-corrected chi connectivity index (χ0v) is 14.2. The van der Waals surface area contributed by atoms with E-state index in [4.69, 9.17) is 4.74 Å². The van der Waals surface area contributed by atoms with Gasteiger partial charge in [0.15, 0.2) is 0 Å². The van der Waals surface area contributed by atoms with Gasteiger partial charge in [-0.15, -0.1) is 0 Å². The first-order chi connectivity index (χ1) is 10.2. The second kappa shape index (κ2) is 5.97. The Morgan fingerprint density at radius 2 is 2.05 bits per heavy atom. The molecule has 0 saturated heterocycles. The minimum absolute atomic E-state index is 0.0546. The van der Waals surface area contributed by atoms with Crippen LogP contribution in [0.15, 0.2) is 18.2 Å². The van der Waals surface area contributed by atoms with Crippen LogP contribution in [0.1, 0.15) is 44.9 Å². The van der Waals surface area contributed by atoms with Crippen LogP contribution in [-0.2, 0) is 4.74 Å². The van der Waals surface area contributed by atoms with Crippen molar-refractivity contribution in [2.24, 2.45) is 11.3 Å². The van der Waals surface area contributed by atoms with Gasteiger partial charge in [0.1, 0.15) is 0 Å². The lowest BCUT2D eigenvalue weighted by Gasteiger charge is -2.57. The zero-order chi connectivity index (χ0) is 16.7. The van der Waals surface area contributed by atoms with Crippen LogP contribution in [0.25, 0.3) is 0 Å². The molecule has 0 amide bonds. The molecule has 1 N–H and O–H groups in total. The smallest absolute Gasteiger partial charge is 0.272 e. The van der Waals surface area contributed by atoms with Crippen LogP contribution >= 0.6 is 0 Å². The van der Waals surface area contributed by atoms with E-state index in [-0.39, 0.29) is 28.2 Å². The molecule has 4 atom stereocenters. The highest BCUT2D eigenvalue weighted by molar-refractivity contribution is 5.43. The summed E-state index contributed by atoms with van der Waals surface area (Å²) in [5.74, 6) is 0.419. The summed E-state index contributed by atoms with van der Waals surface area (Å²) in [5.41, 5.74) is 1.87. The van der Waals surface area contributed by atoms with E-state index in [1.54, 1.807) is 20.1 Å².